The number of rotatable bonds is 7. The van der Waals surface area contributed by atoms with Crippen molar-refractivity contribution in [3.8, 4) is 0 Å². The van der Waals surface area contributed by atoms with Gasteiger partial charge in [0.25, 0.3) is 0 Å². The van der Waals surface area contributed by atoms with Crippen molar-refractivity contribution in [1.29, 1.82) is 0 Å². The predicted octanol–water partition coefficient (Wildman–Crippen LogP) is 6.14. The number of halogens is 4. The van der Waals surface area contributed by atoms with Crippen LogP contribution < -0.4 is 8.61 Å². The molecule has 0 aliphatic heterocycles. The van der Waals surface area contributed by atoms with Crippen LogP contribution >= 0.6 is 68.4 Å². The van der Waals surface area contributed by atoms with Gasteiger partial charge in [0.05, 0.1) is 53.4 Å². The van der Waals surface area contributed by atoms with Crippen LogP contribution in [0.3, 0.4) is 0 Å². The third-order valence-corrected chi connectivity index (χ3v) is 6.32. The molecule has 2 aromatic carbocycles. The Morgan fingerprint density at radius 3 is 1.33 bits per heavy atom. The molecule has 0 fully saturated rings. The van der Waals surface area contributed by atoms with Gasteiger partial charge in [-0.05, 0) is 36.4 Å². The number of amides is 2. The van der Waals surface area contributed by atoms with E-state index in [4.69, 9.17) is 46.4 Å². The summed E-state index contributed by atoms with van der Waals surface area (Å²) in [5.74, 6) is 0. The predicted molar refractivity (Wildman–Crippen MR) is 105 cm³/mol. The van der Waals surface area contributed by atoms with Crippen LogP contribution in [0.4, 0.5) is 11.4 Å². The summed E-state index contributed by atoms with van der Waals surface area (Å²) in [6, 6.07) is 9.54. The molecule has 10 heteroatoms. The van der Waals surface area contributed by atoms with Crippen molar-refractivity contribution in [3.05, 3.63) is 56.5 Å². The first kappa shape index (κ1) is 19.6. The lowest BCUT2D eigenvalue weighted by Gasteiger charge is -2.20. The lowest BCUT2D eigenvalue weighted by molar-refractivity contribution is -0.107. The van der Waals surface area contributed by atoms with E-state index in [1.54, 1.807) is 36.4 Å². The van der Waals surface area contributed by atoms with Gasteiger partial charge in [0, 0.05) is 0 Å². The zero-order chi connectivity index (χ0) is 17.7. The van der Waals surface area contributed by atoms with Gasteiger partial charge in [-0.2, -0.15) is 0 Å². The molecule has 0 aromatic heterocycles. The van der Waals surface area contributed by atoms with E-state index >= 15 is 0 Å². The lowest BCUT2D eigenvalue weighted by Crippen LogP contribution is -2.15. The summed E-state index contributed by atoms with van der Waals surface area (Å²) >= 11 is 23.6. The highest BCUT2D eigenvalue weighted by molar-refractivity contribution is 8.78. The number of carbonyl (C=O) groups is 2. The first-order chi connectivity index (χ1) is 11.5. The molecule has 2 aromatic rings. The van der Waals surface area contributed by atoms with Gasteiger partial charge in [0.1, 0.15) is 0 Å². The van der Waals surface area contributed by atoms with Crippen LogP contribution in [0.25, 0.3) is 0 Å². The maximum absolute atomic E-state index is 11.3. The van der Waals surface area contributed by atoms with E-state index in [2.05, 4.69) is 0 Å². The highest BCUT2D eigenvalue weighted by Gasteiger charge is 2.14. The van der Waals surface area contributed by atoms with Crippen molar-refractivity contribution in [1.82, 2.24) is 0 Å². The normalized spacial score (nSPS) is 10.3. The molecule has 0 saturated heterocycles. The Labute approximate surface area is 166 Å². The second kappa shape index (κ2) is 9.08. The fraction of sp³-hybridized carbons (Fsp3) is 0. The Morgan fingerprint density at radius 2 is 1.04 bits per heavy atom. The van der Waals surface area contributed by atoms with E-state index in [1.165, 1.54) is 8.61 Å². The smallest absolute Gasteiger partial charge is 0.224 e. The zero-order valence-electron chi connectivity index (χ0n) is 11.7. The summed E-state index contributed by atoms with van der Waals surface area (Å²) < 4.78 is 2.61. The fourth-order valence-electron chi connectivity index (χ4n) is 1.56. The van der Waals surface area contributed by atoms with Gasteiger partial charge in [0.2, 0.25) is 12.8 Å². The van der Waals surface area contributed by atoms with E-state index in [1.807, 2.05) is 0 Å². The maximum Gasteiger partial charge on any atom is 0.224 e. The molecule has 0 aliphatic carbocycles. The standard InChI is InChI=1S/C14H8Cl4N2O2S2/c15-11-3-1-9(5-13(11)17)19(7-21)23-24-20(8-22)10-2-4-12(16)14(18)6-10/h1-8H. The van der Waals surface area contributed by atoms with Crippen LogP contribution in [-0.2, 0) is 9.59 Å². The summed E-state index contributed by atoms with van der Waals surface area (Å²) in [6.45, 7) is 0. The monoisotopic (exact) mass is 440 g/mol. The van der Waals surface area contributed by atoms with Crippen molar-refractivity contribution in [2.45, 2.75) is 0 Å². The van der Waals surface area contributed by atoms with Crippen LogP contribution in [0, 0.1) is 0 Å². The third-order valence-electron chi connectivity index (χ3n) is 2.70. The van der Waals surface area contributed by atoms with Crippen LogP contribution in [0.15, 0.2) is 36.4 Å². The zero-order valence-corrected chi connectivity index (χ0v) is 16.3. The van der Waals surface area contributed by atoms with Crippen molar-refractivity contribution >= 4 is 92.6 Å². The Kier molecular flexibility index (Phi) is 7.40. The van der Waals surface area contributed by atoms with Crippen LogP contribution in [0.5, 0.6) is 0 Å². The number of benzene rings is 2. The molecule has 0 unspecified atom stereocenters. The molecule has 0 atom stereocenters. The lowest BCUT2D eigenvalue weighted by atomic mass is 10.3. The average molecular weight is 442 g/mol. The molecule has 24 heavy (non-hydrogen) atoms. The van der Waals surface area contributed by atoms with Crippen LogP contribution in [0.2, 0.25) is 20.1 Å². The highest BCUT2D eigenvalue weighted by Crippen LogP contribution is 2.38. The second-order valence-electron chi connectivity index (χ2n) is 4.21. The summed E-state index contributed by atoms with van der Waals surface area (Å²) in [6.07, 6.45) is 1.21. The average Bonchev–Trinajstić information content (AvgIpc) is 2.57. The minimum absolute atomic E-state index is 0.323. The van der Waals surface area contributed by atoms with Crippen LogP contribution in [-0.4, -0.2) is 12.8 Å². The molecule has 0 radical (unpaired) electrons. The Morgan fingerprint density at radius 1 is 0.667 bits per heavy atom. The van der Waals surface area contributed by atoms with Gasteiger partial charge in [-0.15, -0.1) is 0 Å². The number of carbonyl (C=O) groups excluding carboxylic acids is 2. The molecule has 126 valence electrons. The van der Waals surface area contributed by atoms with Crippen molar-refractivity contribution in [2.75, 3.05) is 8.61 Å². The number of nitrogens with zero attached hydrogens (tertiary/aromatic N) is 2. The summed E-state index contributed by atoms with van der Waals surface area (Å²) in [4.78, 5) is 22.6. The van der Waals surface area contributed by atoms with Crippen LogP contribution in [0.1, 0.15) is 0 Å². The van der Waals surface area contributed by atoms with Gasteiger partial charge in [0.15, 0.2) is 0 Å². The Balaban J connectivity index is 2.12. The van der Waals surface area contributed by atoms with Gasteiger partial charge >= 0.3 is 0 Å². The molecular weight excluding hydrogens is 434 g/mol. The highest BCUT2D eigenvalue weighted by atomic mass is 35.5. The van der Waals surface area contributed by atoms with E-state index in [0.717, 1.165) is 22.0 Å². The maximum atomic E-state index is 11.3. The largest absolute Gasteiger partial charge is 0.277 e. The van der Waals surface area contributed by atoms with Crippen molar-refractivity contribution < 1.29 is 9.59 Å². The number of hydrogen-bond donors (Lipinski definition) is 0. The molecule has 0 saturated carbocycles. The molecule has 2 rings (SSSR count). The summed E-state index contributed by atoms with van der Waals surface area (Å²) in [5.41, 5.74) is 1.05. The first-order valence-electron chi connectivity index (χ1n) is 6.20. The number of hydrogen-bond acceptors (Lipinski definition) is 4. The van der Waals surface area contributed by atoms with E-state index in [9.17, 15) is 9.59 Å². The molecule has 0 bridgehead atoms. The fourth-order valence-corrected chi connectivity index (χ4v) is 3.91. The Bertz CT molecular complexity index is 700. The molecule has 4 nitrogen and oxygen atoms in total. The minimum Gasteiger partial charge on any atom is -0.277 e. The van der Waals surface area contributed by atoms with Crippen molar-refractivity contribution in [3.63, 3.8) is 0 Å². The van der Waals surface area contributed by atoms with Gasteiger partial charge in [-0.25, -0.2) is 8.61 Å². The van der Waals surface area contributed by atoms with Gasteiger partial charge < -0.3 is 0 Å². The van der Waals surface area contributed by atoms with Crippen molar-refractivity contribution in [2.24, 2.45) is 0 Å². The molecule has 0 aliphatic rings. The summed E-state index contributed by atoms with van der Waals surface area (Å²) in [5, 5.41) is 1.41. The molecule has 0 N–H and O–H groups in total. The molecular formula is C14H8Cl4N2O2S2. The molecule has 0 heterocycles. The first-order valence-corrected chi connectivity index (χ1v) is 9.77. The quantitative estimate of drug-likeness (QED) is 0.294. The number of anilines is 2. The summed E-state index contributed by atoms with van der Waals surface area (Å²) in [7, 11) is 2.05. The van der Waals surface area contributed by atoms with E-state index in [0.29, 0.717) is 44.3 Å². The second-order valence-corrected chi connectivity index (χ2v) is 7.82. The van der Waals surface area contributed by atoms with E-state index in [-0.39, 0.29) is 0 Å². The van der Waals surface area contributed by atoms with E-state index < -0.39 is 0 Å². The SMILES string of the molecule is O=CN(SSN(C=O)c1ccc(Cl)c(Cl)c1)c1ccc(Cl)c(Cl)c1. The van der Waals surface area contributed by atoms with Gasteiger partial charge in [-0.3, -0.25) is 9.59 Å². The molecule has 0 spiro atoms. The Hall–Kier alpha value is -0.760. The minimum atomic E-state index is 0.323. The third kappa shape index (κ3) is 4.88. The topological polar surface area (TPSA) is 40.6 Å². The van der Waals surface area contributed by atoms with Gasteiger partial charge in [-0.1, -0.05) is 46.4 Å². The molecule has 2 amide bonds.